The molecule has 3 aromatic rings. The molecule has 0 atom stereocenters. The van der Waals surface area contributed by atoms with E-state index < -0.39 is 0 Å². The molecule has 36 heavy (non-hydrogen) atoms. The summed E-state index contributed by atoms with van der Waals surface area (Å²) in [7, 11) is 1.88. The van der Waals surface area contributed by atoms with Gasteiger partial charge in [0.05, 0.1) is 17.6 Å². The number of imidazole rings is 1. The third kappa shape index (κ3) is 5.48. The first-order valence-corrected chi connectivity index (χ1v) is 13.1. The van der Waals surface area contributed by atoms with Gasteiger partial charge in [0.1, 0.15) is 5.75 Å². The number of anilines is 1. The van der Waals surface area contributed by atoms with Crippen LogP contribution in [0.1, 0.15) is 48.9 Å². The maximum Gasteiger partial charge on any atom is 0.324 e. The minimum atomic E-state index is -0.200. The molecule has 0 spiro atoms. The number of rotatable bonds is 6. The van der Waals surface area contributed by atoms with E-state index in [1.165, 1.54) is 32.1 Å². The van der Waals surface area contributed by atoms with Crippen molar-refractivity contribution in [2.45, 2.75) is 38.5 Å². The van der Waals surface area contributed by atoms with Gasteiger partial charge in [-0.3, -0.25) is 10.1 Å². The number of urea groups is 1. The summed E-state index contributed by atoms with van der Waals surface area (Å²) in [5.41, 5.74) is 2.43. The van der Waals surface area contributed by atoms with Gasteiger partial charge in [-0.05, 0) is 42.7 Å². The van der Waals surface area contributed by atoms with Crippen molar-refractivity contribution in [2.24, 2.45) is 13.0 Å². The number of fused-ring (bicyclic) bond motifs is 1. The van der Waals surface area contributed by atoms with E-state index in [4.69, 9.17) is 4.74 Å². The van der Waals surface area contributed by atoms with Gasteiger partial charge >= 0.3 is 6.03 Å². The maximum absolute atomic E-state index is 13.1. The summed E-state index contributed by atoms with van der Waals surface area (Å²) in [4.78, 5) is 34.0. The first kappa shape index (κ1) is 24.2. The molecule has 1 aromatic heterocycles. The number of aromatic nitrogens is 2. The number of ether oxygens (including phenoxy) is 1. The lowest BCUT2D eigenvalue weighted by Crippen LogP contribution is -2.51. The van der Waals surface area contributed by atoms with Crippen LogP contribution in [0.4, 0.5) is 10.7 Å². The van der Waals surface area contributed by atoms with E-state index in [2.05, 4.69) is 10.3 Å². The lowest BCUT2D eigenvalue weighted by Gasteiger charge is -2.34. The van der Waals surface area contributed by atoms with Crippen LogP contribution in [0.5, 0.6) is 5.75 Å². The van der Waals surface area contributed by atoms with E-state index in [-0.39, 0.29) is 11.9 Å². The molecule has 1 N–H and O–H groups in total. The van der Waals surface area contributed by atoms with E-state index in [1.54, 1.807) is 9.80 Å². The highest BCUT2D eigenvalue weighted by Crippen LogP contribution is 2.26. The second kappa shape index (κ2) is 11.0. The van der Waals surface area contributed by atoms with Crippen LogP contribution in [0.2, 0.25) is 0 Å². The molecule has 8 heteroatoms. The molecule has 2 heterocycles. The zero-order chi connectivity index (χ0) is 24.9. The van der Waals surface area contributed by atoms with Crippen molar-refractivity contribution in [2.75, 3.05) is 38.1 Å². The average Bonchev–Trinajstić information content (AvgIpc) is 3.24. The number of amides is 3. The number of para-hydroxylation sites is 2. The summed E-state index contributed by atoms with van der Waals surface area (Å²) in [6.45, 7) is 2.61. The molecule has 1 aliphatic heterocycles. The topological polar surface area (TPSA) is 79.7 Å². The first-order valence-electron chi connectivity index (χ1n) is 13.1. The van der Waals surface area contributed by atoms with Crippen molar-refractivity contribution >= 4 is 28.9 Å². The molecule has 0 radical (unpaired) electrons. The van der Waals surface area contributed by atoms with E-state index in [0.717, 1.165) is 29.1 Å². The Morgan fingerprint density at radius 2 is 1.72 bits per heavy atom. The molecule has 1 saturated carbocycles. The van der Waals surface area contributed by atoms with Gasteiger partial charge in [0.25, 0.3) is 5.91 Å². The smallest absolute Gasteiger partial charge is 0.324 e. The number of hydrogen-bond donors (Lipinski definition) is 1. The number of hydrogen-bond acceptors (Lipinski definition) is 4. The molecule has 2 aliphatic rings. The summed E-state index contributed by atoms with van der Waals surface area (Å²) in [5.74, 6) is 2.01. The molecule has 1 aliphatic carbocycles. The number of nitrogens with one attached hydrogen (secondary N) is 1. The molecule has 8 nitrogen and oxygen atoms in total. The van der Waals surface area contributed by atoms with E-state index in [1.807, 2.05) is 60.1 Å². The van der Waals surface area contributed by atoms with Gasteiger partial charge < -0.3 is 19.1 Å². The van der Waals surface area contributed by atoms with Gasteiger partial charge in [-0.15, -0.1) is 0 Å². The molecule has 5 rings (SSSR count). The minimum Gasteiger partial charge on any atom is -0.494 e. The third-order valence-corrected chi connectivity index (χ3v) is 7.46. The fourth-order valence-corrected chi connectivity index (χ4v) is 5.27. The molecule has 190 valence electrons. The van der Waals surface area contributed by atoms with Gasteiger partial charge in [0.15, 0.2) is 0 Å². The van der Waals surface area contributed by atoms with Crippen molar-refractivity contribution < 1.29 is 14.3 Å². The van der Waals surface area contributed by atoms with Crippen LogP contribution in [-0.2, 0) is 7.05 Å². The Balaban J connectivity index is 1.12. The molecule has 3 amide bonds. The van der Waals surface area contributed by atoms with E-state index in [9.17, 15) is 9.59 Å². The molecule has 1 saturated heterocycles. The Morgan fingerprint density at radius 3 is 2.50 bits per heavy atom. The van der Waals surface area contributed by atoms with Gasteiger partial charge in [-0.25, -0.2) is 9.78 Å². The molecule has 2 aromatic carbocycles. The van der Waals surface area contributed by atoms with Crippen LogP contribution in [0.15, 0.2) is 48.5 Å². The Hall–Kier alpha value is -3.55. The summed E-state index contributed by atoms with van der Waals surface area (Å²) in [6.07, 6.45) is 7.74. The summed E-state index contributed by atoms with van der Waals surface area (Å²) < 4.78 is 7.86. The minimum absolute atomic E-state index is 0.0249. The lowest BCUT2D eigenvalue weighted by atomic mass is 9.87. The van der Waals surface area contributed by atoms with Crippen molar-refractivity contribution in [3.63, 3.8) is 0 Å². The molecule has 0 bridgehead atoms. The lowest BCUT2D eigenvalue weighted by molar-refractivity contribution is 0.0671. The quantitative estimate of drug-likeness (QED) is 0.533. The zero-order valence-corrected chi connectivity index (χ0v) is 21.0. The molecular formula is C28H35N5O3. The first-order chi connectivity index (χ1) is 17.6. The Kier molecular flexibility index (Phi) is 7.39. The second-order valence-electron chi connectivity index (χ2n) is 9.86. The van der Waals surface area contributed by atoms with Crippen molar-refractivity contribution in [1.29, 1.82) is 0 Å². The van der Waals surface area contributed by atoms with Crippen LogP contribution in [0.3, 0.4) is 0 Å². The summed E-state index contributed by atoms with van der Waals surface area (Å²) in [5, 5.41) is 2.91. The standard InChI is InChI=1S/C28H35N5O3/c1-31-25-13-6-5-12-24(25)29-27(31)30-28(35)33-17-15-32(16-18-33)26(34)22-10-7-11-23(20-22)36-19-14-21-8-3-2-4-9-21/h5-7,10-13,20-21H,2-4,8-9,14-19H2,1H3,(H,29,30,35). The monoisotopic (exact) mass is 489 g/mol. The molecule has 0 unspecified atom stereocenters. The summed E-state index contributed by atoms with van der Waals surface area (Å²) >= 11 is 0. The Morgan fingerprint density at radius 1 is 0.972 bits per heavy atom. The highest BCUT2D eigenvalue weighted by molar-refractivity contribution is 5.95. The summed E-state index contributed by atoms with van der Waals surface area (Å²) in [6, 6.07) is 15.0. The van der Waals surface area contributed by atoms with Crippen molar-refractivity contribution in [3.05, 3.63) is 54.1 Å². The number of carbonyl (C=O) groups excluding carboxylic acids is 2. The number of aryl methyl sites for hydroxylation is 1. The van der Waals surface area contributed by atoms with E-state index >= 15 is 0 Å². The predicted octanol–water partition coefficient (Wildman–Crippen LogP) is 4.91. The van der Waals surface area contributed by atoms with Gasteiger partial charge in [-0.2, -0.15) is 0 Å². The fraction of sp³-hybridized carbons (Fsp3) is 0.464. The number of piperazine rings is 1. The van der Waals surface area contributed by atoms with Gasteiger partial charge in [-0.1, -0.05) is 50.3 Å². The predicted molar refractivity (Wildman–Crippen MR) is 140 cm³/mol. The van der Waals surface area contributed by atoms with Crippen LogP contribution < -0.4 is 10.1 Å². The molecule has 2 fully saturated rings. The van der Waals surface area contributed by atoms with E-state index in [0.29, 0.717) is 44.3 Å². The van der Waals surface area contributed by atoms with Crippen molar-refractivity contribution in [3.8, 4) is 5.75 Å². The third-order valence-electron chi connectivity index (χ3n) is 7.46. The highest BCUT2D eigenvalue weighted by Gasteiger charge is 2.26. The second-order valence-corrected chi connectivity index (χ2v) is 9.86. The number of benzene rings is 2. The van der Waals surface area contributed by atoms with Crippen LogP contribution in [0, 0.1) is 5.92 Å². The number of carbonyl (C=O) groups is 2. The Labute approximate surface area is 212 Å². The van der Waals surface area contributed by atoms with Gasteiger partial charge in [0, 0.05) is 38.8 Å². The normalized spacial score (nSPS) is 16.8. The average molecular weight is 490 g/mol. The Bertz CT molecular complexity index is 1210. The van der Waals surface area contributed by atoms with Crippen molar-refractivity contribution in [1.82, 2.24) is 19.4 Å². The maximum atomic E-state index is 13.1. The SMILES string of the molecule is Cn1c(NC(=O)N2CCN(C(=O)c3cccc(OCCC4CCCCC4)c3)CC2)nc2ccccc21. The van der Waals surface area contributed by atoms with Crippen LogP contribution >= 0.6 is 0 Å². The fourth-order valence-electron chi connectivity index (χ4n) is 5.27. The van der Waals surface area contributed by atoms with Gasteiger partial charge in [0.2, 0.25) is 5.95 Å². The van der Waals surface area contributed by atoms with Crippen LogP contribution in [-0.4, -0.2) is 64.1 Å². The highest BCUT2D eigenvalue weighted by atomic mass is 16.5. The number of nitrogens with zero attached hydrogens (tertiary/aromatic N) is 4. The zero-order valence-electron chi connectivity index (χ0n) is 21.0. The van der Waals surface area contributed by atoms with Crippen LogP contribution in [0.25, 0.3) is 11.0 Å². The largest absolute Gasteiger partial charge is 0.494 e. The molecular weight excluding hydrogens is 454 g/mol.